The highest BCUT2D eigenvalue weighted by Crippen LogP contribution is 2.44. The molecule has 0 aromatic heterocycles. The van der Waals surface area contributed by atoms with Crippen molar-refractivity contribution in [1.29, 1.82) is 0 Å². The SMILES string of the molecule is O=C(O)CCCN(Cc1cccc(Cl)c1)C(=O)OCC1c2ccccc2-c2ccccc21. The van der Waals surface area contributed by atoms with Gasteiger partial charge in [-0.25, -0.2) is 4.79 Å². The molecule has 0 unspecified atom stereocenters. The third-order valence-electron chi connectivity index (χ3n) is 5.68. The van der Waals surface area contributed by atoms with Gasteiger partial charge in [0.1, 0.15) is 6.61 Å². The molecule has 1 aliphatic carbocycles. The van der Waals surface area contributed by atoms with E-state index >= 15 is 0 Å². The number of hydrogen-bond donors (Lipinski definition) is 1. The first-order chi connectivity index (χ1) is 15.5. The van der Waals surface area contributed by atoms with Crippen LogP contribution in [0.25, 0.3) is 11.1 Å². The summed E-state index contributed by atoms with van der Waals surface area (Å²) in [7, 11) is 0. The first kappa shape index (κ1) is 21.9. The van der Waals surface area contributed by atoms with Crippen LogP contribution >= 0.6 is 11.6 Å². The highest BCUT2D eigenvalue weighted by atomic mass is 35.5. The molecule has 3 aromatic rings. The molecule has 4 rings (SSSR count). The largest absolute Gasteiger partial charge is 0.481 e. The topological polar surface area (TPSA) is 66.8 Å². The lowest BCUT2D eigenvalue weighted by Crippen LogP contribution is -2.33. The second-order valence-electron chi connectivity index (χ2n) is 7.85. The van der Waals surface area contributed by atoms with Gasteiger partial charge in [0, 0.05) is 30.5 Å². The highest BCUT2D eigenvalue weighted by Gasteiger charge is 2.29. The number of ether oxygens (including phenoxy) is 1. The van der Waals surface area contributed by atoms with Gasteiger partial charge in [-0.05, 0) is 46.4 Å². The van der Waals surface area contributed by atoms with Gasteiger partial charge in [0.25, 0.3) is 0 Å². The van der Waals surface area contributed by atoms with E-state index in [9.17, 15) is 9.59 Å². The van der Waals surface area contributed by atoms with E-state index < -0.39 is 12.1 Å². The number of nitrogens with zero attached hydrogens (tertiary/aromatic N) is 1. The van der Waals surface area contributed by atoms with Crippen LogP contribution in [-0.2, 0) is 16.1 Å². The molecular formula is C26H24ClNO4. The normalized spacial score (nSPS) is 12.2. The van der Waals surface area contributed by atoms with E-state index in [1.54, 1.807) is 17.0 Å². The summed E-state index contributed by atoms with van der Waals surface area (Å²) in [5, 5.41) is 9.56. The average Bonchev–Trinajstić information content (AvgIpc) is 3.10. The molecule has 32 heavy (non-hydrogen) atoms. The number of fused-ring (bicyclic) bond motifs is 3. The summed E-state index contributed by atoms with van der Waals surface area (Å²) < 4.78 is 5.77. The van der Waals surface area contributed by atoms with Crippen molar-refractivity contribution in [3.63, 3.8) is 0 Å². The van der Waals surface area contributed by atoms with Crippen LogP contribution in [-0.4, -0.2) is 35.2 Å². The number of carboxylic acid groups (broad SMARTS) is 1. The average molecular weight is 450 g/mol. The summed E-state index contributed by atoms with van der Waals surface area (Å²) in [6.45, 7) is 0.810. The number of carbonyl (C=O) groups is 2. The maximum atomic E-state index is 13.0. The number of benzene rings is 3. The van der Waals surface area contributed by atoms with Crippen LogP contribution < -0.4 is 0 Å². The van der Waals surface area contributed by atoms with Crippen molar-refractivity contribution in [2.45, 2.75) is 25.3 Å². The van der Waals surface area contributed by atoms with E-state index in [-0.39, 0.29) is 25.5 Å². The van der Waals surface area contributed by atoms with Crippen LogP contribution in [0, 0.1) is 0 Å². The molecule has 5 nitrogen and oxygen atoms in total. The Labute approximate surface area is 192 Å². The van der Waals surface area contributed by atoms with Crippen molar-refractivity contribution in [2.75, 3.05) is 13.2 Å². The van der Waals surface area contributed by atoms with Gasteiger partial charge in [0.2, 0.25) is 0 Å². The molecule has 0 spiro atoms. The maximum absolute atomic E-state index is 13.0. The van der Waals surface area contributed by atoms with Gasteiger partial charge in [0.05, 0.1) is 0 Å². The van der Waals surface area contributed by atoms with Gasteiger partial charge in [-0.3, -0.25) is 4.79 Å². The van der Waals surface area contributed by atoms with Crippen molar-refractivity contribution in [3.05, 3.63) is 94.5 Å². The lowest BCUT2D eigenvalue weighted by atomic mass is 9.98. The van der Waals surface area contributed by atoms with E-state index in [1.165, 1.54) is 11.1 Å². The summed E-state index contributed by atoms with van der Waals surface area (Å²) in [6.07, 6.45) is -0.125. The zero-order valence-corrected chi connectivity index (χ0v) is 18.3. The minimum absolute atomic E-state index is 0.0112. The Kier molecular flexibility index (Phi) is 6.76. The first-order valence-electron chi connectivity index (χ1n) is 10.6. The molecule has 0 heterocycles. The molecule has 1 amide bonds. The van der Waals surface area contributed by atoms with Crippen LogP contribution in [0.3, 0.4) is 0 Å². The van der Waals surface area contributed by atoms with Gasteiger partial charge < -0.3 is 14.7 Å². The Bertz CT molecular complexity index is 1080. The fourth-order valence-electron chi connectivity index (χ4n) is 4.20. The van der Waals surface area contributed by atoms with E-state index in [1.807, 2.05) is 36.4 Å². The molecule has 0 aliphatic heterocycles. The predicted molar refractivity (Wildman–Crippen MR) is 124 cm³/mol. The molecule has 3 aromatic carbocycles. The van der Waals surface area contributed by atoms with Crippen molar-refractivity contribution >= 4 is 23.7 Å². The second kappa shape index (κ2) is 9.88. The number of rotatable bonds is 8. The second-order valence-corrected chi connectivity index (χ2v) is 8.29. The molecular weight excluding hydrogens is 426 g/mol. The molecule has 1 aliphatic rings. The Balaban J connectivity index is 1.48. The first-order valence-corrected chi connectivity index (χ1v) is 11.0. The minimum Gasteiger partial charge on any atom is -0.481 e. The number of aliphatic carboxylic acids is 1. The zero-order chi connectivity index (χ0) is 22.5. The third kappa shape index (κ3) is 4.94. The number of carbonyl (C=O) groups excluding carboxylic acids is 1. The standard InChI is InChI=1S/C26H24ClNO4/c27-19-8-5-7-18(15-19)16-28(14-6-13-25(29)30)26(31)32-17-24-22-11-3-1-9-20(22)21-10-2-4-12-23(21)24/h1-5,7-12,15,24H,6,13-14,16-17H2,(H,29,30). The lowest BCUT2D eigenvalue weighted by molar-refractivity contribution is -0.137. The molecule has 0 saturated carbocycles. The summed E-state index contributed by atoms with van der Waals surface area (Å²) in [5.41, 5.74) is 5.49. The number of halogens is 1. The van der Waals surface area contributed by atoms with Crippen molar-refractivity contribution in [3.8, 4) is 11.1 Å². The van der Waals surface area contributed by atoms with E-state index in [2.05, 4.69) is 24.3 Å². The maximum Gasteiger partial charge on any atom is 0.410 e. The van der Waals surface area contributed by atoms with Crippen LogP contribution in [0.15, 0.2) is 72.8 Å². The van der Waals surface area contributed by atoms with Crippen molar-refractivity contribution < 1.29 is 19.4 Å². The fourth-order valence-corrected chi connectivity index (χ4v) is 4.41. The Morgan fingerprint density at radius 1 is 0.938 bits per heavy atom. The molecule has 0 saturated heterocycles. The Morgan fingerprint density at radius 2 is 1.59 bits per heavy atom. The van der Waals surface area contributed by atoms with Crippen molar-refractivity contribution in [2.24, 2.45) is 0 Å². The van der Waals surface area contributed by atoms with Crippen LogP contribution in [0.1, 0.15) is 35.4 Å². The summed E-state index contributed by atoms with van der Waals surface area (Å²) in [5.74, 6) is -0.918. The Morgan fingerprint density at radius 3 is 2.22 bits per heavy atom. The summed E-state index contributed by atoms with van der Waals surface area (Å²) in [6, 6.07) is 23.6. The smallest absolute Gasteiger partial charge is 0.410 e. The fraction of sp³-hybridized carbons (Fsp3) is 0.231. The molecule has 0 bridgehead atoms. The van der Waals surface area contributed by atoms with Crippen LogP contribution in [0.4, 0.5) is 4.79 Å². The molecule has 0 fully saturated rings. The van der Waals surface area contributed by atoms with Crippen LogP contribution in [0.2, 0.25) is 5.02 Å². The molecule has 1 N–H and O–H groups in total. The van der Waals surface area contributed by atoms with Gasteiger partial charge in [-0.1, -0.05) is 72.3 Å². The molecule has 6 heteroatoms. The summed E-state index contributed by atoms with van der Waals surface area (Å²) >= 11 is 6.08. The number of amides is 1. The Hall–Kier alpha value is -3.31. The van der Waals surface area contributed by atoms with Gasteiger partial charge in [0.15, 0.2) is 0 Å². The highest BCUT2D eigenvalue weighted by molar-refractivity contribution is 6.30. The monoisotopic (exact) mass is 449 g/mol. The molecule has 0 radical (unpaired) electrons. The van der Waals surface area contributed by atoms with E-state index in [0.717, 1.165) is 16.7 Å². The predicted octanol–water partition coefficient (Wildman–Crippen LogP) is 5.96. The van der Waals surface area contributed by atoms with Gasteiger partial charge in [-0.2, -0.15) is 0 Å². The minimum atomic E-state index is -0.889. The number of hydrogen-bond acceptors (Lipinski definition) is 3. The van der Waals surface area contributed by atoms with E-state index in [0.29, 0.717) is 18.0 Å². The van der Waals surface area contributed by atoms with Gasteiger partial charge >= 0.3 is 12.1 Å². The van der Waals surface area contributed by atoms with Crippen LogP contribution in [0.5, 0.6) is 0 Å². The number of carboxylic acids is 1. The summed E-state index contributed by atoms with van der Waals surface area (Å²) in [4.78, 5) is 25.5. The molecule has 164 valence electrons. The van der Waals surface area contributed by atoms with Crippen molar-refractivity contribution in [1.82, 2.24) is 4.90 Å². The lowest BCUT2D eigenvalue weighted by Gasteiger charge is -2.23. The van der Waals surface area contributed by atoms with E-state index in [4.69, 9.17) is 21.4 Å². The zero-order valence-electron chi connectivity index (χ0n) is 17.5. The molecule has 0 atom stereocenters. The third-order valence-corrected chi connectivity index (χ3v) is 5.91. The quantitative estimate of drug-likeness (QED) is 0.461. The van der Waals surface area contributed by atoms with Gasteiger partial charge in [-0.15, -0.1) is 0 Å².